The van der Waals surface area contributed by atoms with Gasteiger partial charge in [-0.25, -0.2) is 9.50 Å². The molecule has 2 fully saturated rings. The van der Waals surface area contributed by atoms with Crippen molar-refractivity contribution in [2.24, 2.45) is 0 Å². The number of carbonyl (C=O) groups is 1. The Bertz CT molecular complexity index is 1700. The number of halogens is 3. The number of rotatable bonds is 7. The van der Waals surface area contributed by atoms with Crippen LogP contribution in [-0.2, 0) is 10.2 Å². The molecule has 5 aromatic rings. The Morgan fingerprint density at radius 1 is 1.20 bits per heavy atom. The molecule has 1 aliphatic heterocycles. The number of hydrogen-bond donors (Lipinski definition) is 3. The highest BCUT2D eigenvalue weighted by Crippen LogP contribution is 2.58. The summed E-state index contributed by atoms with van der Waals surface area (Å²) in [6, 6.07) is 3.79. The Morgan fingerprint density at radius 2 is 2.07 bits per heavy atom. The summed E-state index contributed by atoms with van der Waals surface area (Å²) in [5.74, 6) is 0.586. The second kappa shape index (κ2) is 9.20. The molecule has 3 N–H and O–H groups in total. The van der Waals surface area contributed by atoms with E-state index in [4.69, 9.17) is 0 Å². The topological polar surface area (TPSA) is 173 Å². The number of nitrogens with one attached hydrogen (secondary N) is 3. The average molecular weight is 567 g/mol. The molecule has 5 aromatic heterocycles. The normalized spacial score (nSPS) is 19.9. The Labute approximate surface area is 228 Å². The van der Waals surface area contributed by atoms with E-state index in [1.165, 1.54) is 35.8 Å². The van der Waals surface area contributed by atoms with Crippen LogP contribution in [0.2, 0.25) is 0 Å². The highest BCUT2D eigenvalue weighted by atomic mass is 19.4. The summed E-state index contributed by atoms with van der Waals surface area (Å²) in [6.45, 7) is 0.280. The van der Waals surface area contributed by atoms with Crippen LogP contribution in [0.3, 0.4) is 0 Å². The fraction of sp³-hybridized carbons (Fsp3) is 0.348. The molecular weight excluding hydrogens is 545 g/mol. The third kappa shape index (κ3) is 4.36. The Morgan fingerprint density at radius 3 is 2.80 bits per heavy atom. The number of carbonyl (C=O) groups excluding carboxylic acids is 1. The first-order chi connectivity index (χ1) is 19.8. The highest BCUT2D eigenvalue weighted by molar-refractivity contribution is 5.96. The Hall–Kier alpha value is -5.16. The van der Waals surface area contributed by atoms with Crippen LogP contribution in [0.4, 0.5) is 36.6 Å². The summed E-state index contributed by atoms with van der Waals surface area (Å²) in [5, 5.41) is 28.9. The van der Waals surface area contributed by atoms with Crippen LogP contribution in [0.5, 0.6) is 0 Å². The van der Waals surface area contributed by atoms with Crippen LogP contribution in [0.1, 0.15) is 31.0 Å². The van der Waals surface area contributed by atoms with E-state index in [2.05, 4.69) is 56.3 Å². The molecule has 18 heteroatoms. The lowest BCUT2D eigenvalue weighted by Crippen LogP contribution is -2.41. The number of alkyl halides is 3. The van der Waals surface area contributed by atoms with Crippen molar-refractivity contribution in [2.75, 3.05) is 22.1 Å². The second-order valence-corrected chi connectivity index (χ2v) is 9.86. The molecule has 0 bridgehead atoms. The van der Waals surface area contributed by atoms with Gasteiger partial charge in [0.05, 0.1) is 17.9 Å². The van der Waals surface area contributed by atoms with E-state index < -0.39 is 17.6 Å². The molecule has 7 rings (SSSR count). The molecule has 1 amide bonds. The minimum Gasteiger partial charge on any atom is -0.325 e. The van der Waals surface area contributed by atoms with E-state index in [0.717, 1.165) is 0 Å². The largest absolute Gasteiger partial charge is 0.399 e. The van der Waals surface area contributed by atoms with Crippen LogP contribution in [0, 0.1) is 0 Å². The molecule has 0 unspecified atom stereocenters. The zero-order valence-corrected chi connectivity index (χ0v) is 21.1. The van der Waals surface area contributed by atoms with Gasteiger partial charge in [-0.2, -0.15) is 28.1 Å². The number of hydrogen-bond acceptors (Lipinski definition) is 11. The molecule has 6 heterocycles. The fourth-order valence-electron chi connectivity index (χ4n) is 5.09. The number of fused-ring (bicyclic) bond motifs is 1. The molecule has 1 aliphatic carbocycles. The van der Waals surface area contributed by atoms with Crippen molar-refractivity contribution >= 4 is 34.8 Å². The van der Waals surface area contributed by atoms with Crippen molar-refractivity contribution in [3.63, 3.8) is 0 Å². The van der Waals surface area contributed by atoms with Crippen molar-refractivity contribution in [1.29, 1.82) is 0 Å². The minimum absolute atomic E-state index is 0.00311. The summed E-state index contributed by atoms with van der Waals surface area (Å²) in [6.07, 6.45) is 3.36. The van der Waals surface area contributed by atoms with Gasteiger partial charge >= 0.3 is 6.18 Å². The van der Waals surface area contributed by atoms with Crippen LogP contribution in [0.25, 0.3) is 5.52 Å². The highest BCUT2D eigenvalue weighted by Gasteiger charge is 2.65. The number of aromatic nitrogens is 11. The molecule has 210 valence electrons. The quantitative estimate of drug-likeness (QED) is 0.263. The van der Waals surface area contributed by atoms with E-state index >= 15 is 0 Å². The second-order valence-electron chi connectivity index (χ2n) is 9.86. The molecule has 2 aliphatic rings. The number of nitrogens with zero attached hydrogens (tertiary/aromatic N) is 11. The van der Waals surface area contributed by atoms with Crippen molar-refractivity contribution in [1.82, 2.24) is 55.0 Å². The summed E-state index contributed by atoms with van der Waals surface area (Å²) >= 11 is 0. The molecule has 0 radical (unpaired) electrons. The molecule has 1 saturated heterocycles. The summed E-state index contributed by atoms with van der Waals surface area (Å²) in [4.78, 5) is 29.3. The Balaban J connectivity index is 1.22. The van der Waals surface area contributed by atoms with E-state index in [-0.39, 0.29) is 54.6 Å². The van der Waals surface area contributed by atoms with Gasteiger partial charge in [-0.15, -0.1) is 15.3 Å². The third-order valence-electron chi connectivity index (χ3n) is 7.36. The van der Waals surface area contributed by atoms with Crippen molar-refractivity contribution in [3.05, 3.63) is 55.0 Å². The fourth-order valence-corrected chi connectivity index (χ4v) is 5.09. The first-order valence-electron chi connectivity index (χ1n) is 12.6. The van der Waals surface area contributed by atoms with E-state index in [9.17, 15) is 18.0 Å². The van der Waals surface area contributed by atoms with Gasteiger partial charge in [-0.3, -0.25) is 14.9 Å². The van der Waals surface area contributed by atoms with Gasteiger partial charge in [-0.1, -0.05) is 0 Å². The lowest BCUT2D eigenvalue weighted by Gasteiger charge is -2.24. The summed E-state index contributed by atoms with van der Waals surface area (Å²) in [5.41, 5.74) is -1.34. The van der Waals surface area contributed by atoms with Gasteiger partial charge in [0.15, 0.2) is 23.8 Å². The maximum atomic E-state index is 13.6. The molecule has 0 spiro atoms. The molecule has 41 heavy (non-hydrogen) atoms. The number of anilines is 4. The number of amides is 1. The first-order valence-corrected chi connectivity index (χ1v) is 12.6. The van der Waals surface area contributed by atoms with Crippen molar-refractivity contribution in [3.8, 4) is 0 Å². The van der Waals surface area contributed by atoms with Crippen molar-refractivity contribution < 1.29 is 18.0 Å². The zero-order valence-electron chi connectivity index (χ0n) is 21.1. The number of aromatic amines is 1. The monoisotopic (exact) mass is 566 g/mol. The van der Waals surface area contributed by atoms with Crippen LogP contribution in [-0.4, -0.2) is 79.6 Å². The number of tetrazole rings is 1. The average Bonchev–Trinajstić information content (AvgIpc) is 3.45. The standard InChI is InChI=1S/C23H21F3N14O/c24-23(25,26)22(3-4-22)16-9-17(35-34-16)31-19-14-2-1-7-39(14)36-21(33-19)38-11-13(40-30-12-29-37-40)8-15(38)20(41)32-18-10-27-5-6-28-18/h1-2,5-7,9-10,12-13,15H,3-4,8,11H2,(H,28,32,41)(H2,31,33,34,35,36)/t13-,15+/m1/s1. The van der Waals surface area contributed by atoms with Crippen LogP contribution >= 0.6 is 0 Å². The molecule has 2 atom stereocenters. The summed E-state index contributed by atoms with van der Waals surface area (Å²) in [7, 11) is 0. The lowest BCUT2D eigenvalue weighted by molar-refractivity contribution is -0.161. The molecule has 0 aromatic carbocycles. The van der Waals surface area contributed by atoms with Gasteiger partial charge in [-0.05, 0) is 30.2 Å². The van der Waals surface area contributed by atoms with E-state index in [1.807, 2.05) is 0 Å². The van der Waals surface area contributed by atoms with E-state index in [1.54, 1.807) is 27.7 Å². The van der Waals surface area contributed by atoms with Crippen LogP contribution < -0.4 is 15.5 Å². The summed E-state index contributed by atoms with van der Waals surface area (Å²) < 4.78 is 42.5. The molecule has 1 saturated carbocycles. The molecular formula is C23H21F3N14O. The smallest absolute Gasteiger partial charge is 0.325 e. The van der Waals surface area contributed by atoms with Gasteiger partial charge in [0, 0.05) is 37.6 Å². The zero-order chi connectivity index (χ0) is 28.2. The predicted molar refractivity (Wildman–Crippen MR) is 135 cm³/mol. The van der Waals surface area contributed by atoms with Crippen LogP contribution in [0.15, 0.2) is 49.3 Å². The predicted octanol–water partition coefficient (Wildman–Crippen LogP) is 2.03. The van der Waals surface area contributed by atoms with Crippen molar-refractivity contribution in [2.45, 2.75) is 42.9 Å². The maximum absolute atomic E-state index is 13.6. The number of H-pyrrole nitrogens is 1. The SMILES string of the molecule is O=C(Nc1cnccn1)[C@@H]1C[C@@H](n2ncnn2)CN1c1nc(Nc2cc(C3(C(F)(F)F)CC3)[nH]n2)c2cccn2n1. The van der Waals surface area contributed by atoms with Gasteiger partial charge < -0.3 is 15.5 Å². The minimum atomic E-state index is -4.38. The van der Waals surface area contributed by atoms with Gasteiger partial charge in [0.2, 0.25) is 11.9 Å². The lowest BCUT2D eigenvalue weighted by atomic mass is 10.0. The first kappa shape index (κ1) is 24.9. The van der Waals surface area contributed by atoms with Gasteiger partial charge in [0.1, 0.15) is 17.0 Å². The third-order valence-corrected chi connectivity index (χ3v) is 7.36. The maximum Gasteiger partial charge on any atom is 0.399 e. The molecule has 15 nitrogen and oxygen atoms in total. The van der Waals surface area contributed by atoms with Gasteiger partial charge in [0.25, 0.3) is 0 Å². The van der Waals surface area contributed by atoms with E-state index in [0.29, 0.717) is 17.8 Å². The Kier molecular flexibility index (Phi) is 5.58.